The van der Waals surface area contributed by atoms with E-state index in [0.29, 0.717) is 6.54 Å². The minimum Gasteiger partial charge on any atom is -0.357 e. The molecule has 0 bridgehead atoms. The number of benzene rings is 1. The molecule has 1 aromatic rings. The van der Waals surface area contributed by atoms with Gasteiger partial charge in [0.25, 0.3) is 0 Å². The van der Waals surface area contributed by atoms with Gasteiger partial charge in [0.1, 0.15) is 6.04 Å². The minimum absolute atomic E-state index is 0.0334. The van der Waals surface area contributed by atoms with Crippen LogP contribution in [0.15, 0.2) is 24.3 Å². The number of nitriles is 1. The third-order valence-corrected chi connectivity index (χ3v) is 3.42. The number of hydrogen-bond donors (Lipinski definition) is 0. The van der Waals surface area contributed by atoms with Crippen molar-refractivity contribution >= 4 is 11.6 Å². The number of aryl methyl sites for hydroxylation is 1. The summed E-state index contributed by atoms with van der Waals surface area (Å²) in [5, 5.41) is 8.91. The summed E-state index contributed by atoms with van der Waals surface area (Å²) < 4.78 is 0. The van der Waals surface area contributed by atoms with E-state index < -0.39 is 0 Å². The zero-order chi connectivity index (χ0) is 13.1. The van der Waals surface area contributed by atoms with E-state index in [2.05, 4.69) is 11.0 Å². The molecule has 1 aromatic carbocycles. The van der Waals surface area contributed by atoms with Gasteiger partial charge in [0.15, 0.2) is 0 Å². The third-order valence-electron chi connectivity index (χ3n) is 3.42. The molecule has 1 saturated heterocycles. The highest BCUT2D eigenvalue weighted by atomic mass is 16.2. The van der Waals surface area contributed by atoms with E-state index in [1.54, 1.807) is 11.9 Å². The molecule has 1 aliphatic heterocycles. The van der Waals surface area contributed by atoms with Crippen molar-refractivity contribution in [3.8, 4) is 6.07 Å². The van der Waals surface area contributed by atoms with Gasteiger partial charge in [-0.2, -0.15) is 5.26 Å². The number of carbonyl (C=O) groups excluding carboxylic acids is 1. The van der Waals surface area contributed by atoms with Crippen molar-refractivity contribution in [2.24, 2.45) is 0 Å². The number of rotatable bonds is 2. The van der Waals surface area contributed by atoms with E-state index in [0.717, 1.165) is 17.8 Å². The number of anilines is 1. The van der Waals surface area contributed by atoms with Crippen LogP contribution in [0.25, 0.3) is 0 Å². The molecule has 1 unspecified atom stereocenters. The van der Waals surface area contributed by atoms with Crippen molar-refractivity contribution < 1.29 is 4.79 Å². The van der Waals surface area contributed by atoms with E-state index in [-0.39, 0.29) is 18.4 Å². The highest BCUT2D eigenvalue weighted by Gasteiger charge is 2.33. The van der Waals surface area contributed by atoms with Crippen molar-refractivity contribution in [3.05, 3.63) is 29.8 Å². The molecule has 0 N–H and O–H groups in total. The van der Waals surface area contributed by atoms with E-state index in [9.17, 15) is 4.79 Å². The van der Waals surface area contributed by atoms with Crippen molar-refractivity contribution in [2.45, 2.75) is 19.4 Å². The Balaban J connectivity index is 2.34. The van der Waals surface area contributed by atoms with Crippen molar-refractivity contribution in [1.82, 2.24) is 4.90 Å². The van der Waals surface area contributed by atoms with E-state index in [4.69, 9.17) is 5.26 Å². The molecule has 18 heavy (non-hydrogen) atoms. The van der Waals surface area contributed by atoms with Crippen molar-refractivity contribution in [3.63, 3.8) is 0 Å². The van der Waals surface area contributed by atoms with Crippen LogP contribution in [-0.2, 0) is 4.79 Å². The predicted molar refractivity (Wildman–Crippen MR) is 70.2 cm³/mol. The molecule has 1 atom stereocenters. The zero-order valence-electron chi connectivity index (χ0n) is 10.8. The molecule has 0 aromatic heterocycles. The van der Waals surface area contributed by atoms with Crippen LogP contribution in [0.2, 0.25) is 0 Å². The first kappa shape index (κ1) is 12.4. The van der Waals surface area contributed by atoms with Gasteiger partial charge in [-0.3, -0.25) is 4.79 Å². The Morgan fingerprint density at radius 3 is 2.78 bits per heavy atom. The smallest absolute Gasteiger partial charge is 0.246 e. The molecule has 0 spiro atoms. The Kier molecular flexibility index (Phi) is 3.52. The van der Waals surface area contributed by atoms with Gasteiger partial charge in [0.2, 0.25) is 5.91 Å². The normalized spacial score (nSPS) is 19.8. The number of piperazine rings is 1. The maximum atomic E-state index is 12.1. The second-order valence-electron chi connectivity index (χ2n) is 4.62. The molecule has 4 heteroatoms. The molecule has 1 aliphatic rings. The van der Waals surface area contributed by atoms with Gasteiger partial charge in [-0.1, -0.05) is 18.2 Å². The average molecular weight is 243 g/mol. The maximum Gasteiger partial charge on any atom is 0.246 e. The van der Waals surface area contributed by atoms with Crippen LogP contribution in [0.3, 0.4) is 0 Å². The molecule has 4 nitrogen and oxygen atoms in total. The Labute approximate surface area is 107 Å². The summed E-state index contributed by atoms with van der Waals surface area (Å²) in [7, 11) is 1.79. The summed E-state index contributed by atoms with van der Waals surface area (Å²) in [5.41, 5.74) is 2.19. The summed E-state index contributed by atoms with van der Waals surface area (Å²) in [5.74, 6) is 0.0334. The molecule has 1 fully saturated rings. The summed E-state index contributed by atoms with van der Waals surface area (Å²) >= 11 is 0. The second kappa shape index (κ2) is 5.09. The molecular formula is C14H17N3O. The Hall–Kier alpha value is -2.02. The van der Waals surface area contributed by atoms with E-state index in [1.807, 2.05) is 31.2 Å². The van der Waals surface area contributed by atoms with E-state index >= 15 is 0 Å². The lowest BCUT2D eigenvalue weighted by Crippen LogP contribution is -2.56. The van der Waals surface area contributed by atoms with Crippen molar-refractivity contribution in [1.29, 1.82) is 5.26 Å². The standard InChI is InChI=1S/C14H17N3O/c1-11-5-3-4-6-12(11)17-10-9-16(2)14(18)13(17)7-8-15/h3-6,13H,7,9-10H2,1-2H3. The first-order valence-corrected chi connectivity index (χ1v) is 6.09. The zero-order valence-corrected chi connectivity index (χ0v) is 10.8. The fourth-order valence-corrected chi connectivity index (χ4v) is 2.37. The number of hydrogen-bond acceptors (Lipinski definition) is 3. The lowest BCUT2D eigenvalue weighted by atomic mass is 10.1. The lowest BCUT2D eigenvalue weighted by molar-refractivity contribution is -0.132. The largest absolute Gasteiger partial charge is 0.357 e. The number of nitrogens with zero attached hydrogens (tertiary/aromatic N) is 3. The lowest BCUT2D eigenvalue weighted by Gasteiger charge is -2.40. The molecule has 0 saturated carbocycles. The number of carbonyl (C=O) groups is 1. The van der Waals surface area contributed by atoms with Crippen LogP contribution in [0.4, 0.5) is 5.69 Å². The predicted octanol–water partition coefficient (Wildman–Crippen LogP) is 1.56. The summed E-state index contributed by atoms with van der Waals surface area (Å²) in [4.78, 5) is 15.9. The van der Waals surface area contributed by atoms with Crippen LogP contribution < -0.4 is 4.90 Å². The Morgan fingerprint density at radius 2 is 2.11 bits per heavy atom. The van der Waals surface area contributed by atoms with Crippen LogP contribution in [-0.4, -0.2) is 37.0 Å². The summed E-state index contributed by atoms with van der Waals surface area (Å²) in [6.07, 6.45) is 0.234. The highest BCUT2D eigenvalue weighted by Crippen LogP contribution is 2.25. The van der Waals surface area contributed by atoms with Gasteiger partial charge >= 0.3 is 0 Å². The van der Waals surface area contributed by atoms with Gasteiger partial charge in [-0.25, -0.2) is 0 Å². The third kappa shape index (κ3) is 2.17. The average Bonchev–Trinajstić information content (AvgIpc) is 2.37. The van der Waals surface area contributed by atoms with Crippen LogP contribution in [0, 0.1) is 18.3 Å². The summed E-state index contributed by atoms with van der Waals surface area (Å²) in [6, 6.07) is 9.76. The van der Waals surface area contributed by atoms with Crippen LogP contribution in [0.1, 0.15) is 12.0 Å². The molecule has 1 heterocycles. The topological polar surface area (TPSA) is 47.3 Å². The number of para-hydroxylation sites is 1. The van der Waals surface area contributed by atoms with Crippen LogP contribution >= 0.6 is 0 Å². The molecule has 2 rings (SSSR count). The van der Waals surface area contributed by atoms with Crippen LogP contribution in [0.5, 0.6) is 0 Å². The van der Waals surface area contributed by atoms with Gasteiger partial charge in [-0.15, -0.1) is 0 Å². The molecule has 0 aliphatic carbocycles. The Bertz CT molecular complexity index is 492. The summed E-state index contributed by atoms with van der Waals surface area (Å²) in [6.45, 7) is 3.51. The van der Waals surface area contributed by atoms with E-state index in [1.165, 1.54) is 0 Å². The first-order valence-electron chi connectivity index (χ1n) is 6.09. The van der Waals surface area contributed by atoms with Gasteiger partial charge in [0.05, 0.1) is 12.5 Å². The first-order chi connectivity index (χ1) is 8.65. The fourth-order valence-electron chi connectivity index (χ4n) is 2.37. The van der Waals surface area contributed by atoms with Gasteiger partial charge in [0, 0.05) is 25.8 Å². The van der Waals surface area contributed by atoms with Crippen molar-refractivity contribution in [2.75, 3.05) is 25.0 Å². The fraction of sp³-hybridized carbons (Fsp3) is 0.429. The maximum absolute atomic E-state index is 12.1. The monoisotopic (exact) mass is 243 g/mol. The number of likely N-dealkylation sites (N-methyl/N-ethyl adjacent to an activating group) is 1. The SMILES string of the molecule is Cc1ccccc1N1CCN(C)C(=O)C1CC#N. The van der Waals surface area contributed by atoms with Gasteiger partial charge < -0.3 is 9.80 Å². The molecule has 0 radical (unpaired) electrons. The molecular weight excluding hydrogens is 226 g/mol. The molecule has 94 valence electrons. The Morgan fingerprint density at radius 1 is 1.39 bits per heavy atom. The number of amides is 1. The van der Waals surface area contributed by atoms with Gasteiger partial charge in [-0.05, 0) is 18.6 Å². The second-order valence-corrected chi connectivity index (χ2v) is 4.62. The minimum atomic E-state index is -0.352. The highest BCUT2D eigenvalue weighted by molar-refractivity contribution is 5.87. The molecule has 1 amide bonds. The quantitative estimate of drug-likeness (QED) is 0.792.